The highest BCUT2D eigenvalue weighted by Gasteiger charge is 2.38. The Balaban J connectivity index is 1.61. The van der Waals surface area contributed by atoms with Crippen molar-refractivity contribution in [3.8, 4) is 11.5 Å². The largest absolute Gasteiger partial charge is 0.490 e. The molecule has 4 rings (SSSR count). The number of amides is 1. The van der Waals surface area contributed by atoms with Crippen LogP contribution in [0.25, 0.3) is 0 Å². The summed E-state index contributed by atoms with van der Waals surface area (Å²) in [6.07, 6.45) is 4.16. The summed E-state index contributed by atoms with van der Waals surface area (Å²) in [7, 11) is 0. The number of hydrogen-bond donors (Lipinski definition) is 1. The van der Waals surface area contributed by atoms with Gasteiger partial charge in [0.2, 0.25) is 0 Å². The molecule has 0 saturated carbocycles. The second-order valence-electron chi connectivity index (χ2n) is 6.30. The molecule has 2 atom stereocenters. The maximum atomic E-state index is 13.0. The molecule has 3 aliphatic rings. The molecule has 2 saturated heterocycles. The van der Waals surface area contributed by atoms with Crippen LogP contribution in [0, 0.1) is 0 Å². The summed E-state index contributed by atoms with van der Waals surface area (Å²) in [5.41, 5.74) is 0.711. The molecule has 0 radical (unpaired) electrons. The van der Waals surface area contributed by atoms with Crippen molar-refractivity contribution in [2.24, 2.45) is 0 Å². The van der Waals surface area contributed by atoms with Crippen molar-refractivity contribution < 1.29 is 14.3 Å². The molecule has 1 aromatic rings. The number of carbonyl (C=O) groups excluding carboxylic acids is 1. The first-order chi connectivity index (χ1) is 10.8. The Labute approximate surface area is 130 Å². The minimum atomic E-state index is 0.131. The predicted octanol–water partition coefficient (Wildman–Crippen LogP) is 1.81. The summed E-state index contributed by atoms with van der Waals surface area (Å²) in [6.45, 7) is 3.23. The lowest BCUT2D eigenvalue weighted by Crippen LogP contribution is -2.42. The van der Waals surface area contributed by atoms with Gasteiger partial charge in [0, 0.05) is 30.6 Å². The molecule has 3 heterocycles. The second kappa shape index (κ2) is 5.80. The maximum Gasteiger partial charge on any atom is 0.254 e. The molecule has 118 valence electrons. The number of ether oxygens (including phenoxy) is 2. The minimum Gasteiger partial charge on any atom is -0.490 e. The SMILES string of the molecule is O=C(c1ccc2c(c1)OCCCO2)N1C2CCNCC1CC2. The fourth-order valence-corrected chi connectivity index (χ4v) is 3.76. The summed E-state index contributed by atoms with van der Waals surface area (Å²) >= 11 is 0. The van der Waals surface area contributed by atoms with E-state index in [0.29, 0.717) is 36.6 Å². The van der Waals surface area contributed by atoms with E-state index in [9.17, 15) is 4.79 Å². The summed E-state index contributed by atoms with van der Waals surface area (Å²) in [4.78, 5) is 15.1. The van der Waals surface area contributed by atoms with Crippen LogP contribution in [-0.2, 0) is 0 Å². The lowest BCUT2D eigenvalue weighted by molar-refractivity contribution is 0.0680. The third kappa shape index (κ3) is 2.43. The van der Waals surface area contributed by atoms with Gasteiger partial charge in [-0.15, -0.1) is 0 Å². The molecule has 2 unspecified atom stereocenters. The van der Waals surface area contributed by atoms with E-state index in [1.165, 1.54) is 0 Å². The van der Waals surface area contributed by atoms with E-state index in [-0.39, 0.29) is 5.91 Å². The highest BCUT2D eigenvalue weighted by atomic mass is 16.5. The molecule has 5 nitrogen and oxygen atoms in total. The van der Waals surface area contributed by atoms with Crippen molar-refractivity contribution in [1.82, 2.24) is 10.2 Å². The van der Waals surface area contributed by atoms with Crippen molar-refractivity contribution in [2.75, 3.05) is 26.3 Å². The second-order valence-corrected chi connectivity index (χ2v) is 6.30. The summed E-state index contributed by atoms with van der Waals surface area (Å²) in [5.74, 6) is 1.57. The number of nitrogens with one attached hydrogen (secondary N) is 1. The van der Waals surface area contributed by atoms with E-state index in [4.69, 9.17) is 9.47 Å². The number of fused-ring (bicyclic) bond motifs is 3. The molecular weight excluding hydrogens is 280 g/mol. The molecule has 5 heteroatoms. The number of carbonyl (C=O) groups is 1. The lowest BCUT2D eigenvalue weighted by atomic mass is 10.1. The Morgan fingerprint density at radius 2 is 1.91 bits per heavy atom. The maximum absolute atomic E-state index is 13.0. The number of rotatable bonds is 1. The van der Waals surface area contributed by atoms with Gasteiger partial charge >= 0.3 is 0 Å². The molecule has 3 aliphatic heterocycles. The topological polar surface area (TPSA) is 50.8 Å². The Kier molecular flexibility index (Phi) is 3.66. The van der Waals surface area contributed by atoms with Crippen molar-refractivity contribution in [2.45, 2.75) is 37.8 Å². The van der Waals surface area contributed by atoms with E-state index in [1.54, 1.807) is 0 Å². The monoisotopic (exact) mass is 302 g/mol. The number of hydrogen-bond acceptors (Lipinski definition) is 4. The third-order valence-electron chi connectivity index (χ3n) is 4.88. The van der Waals surface area contributed by atoms with Crippen molar-refractivity contribution in [1.29, 1.82) is 0 Å². The molecule has 1 aromatic carbocycles. The standard InChI is InChI=1S/C17H22N2O3/c20-17(19-13-3-4-14(19)11-18-7-6-13)12-2-5-15-16(10-12)22-9-1-8-21-15/h2,5,10,13-14,18H,1,3-4,6-9,11H2. The van der Waals surface area contributed by atoms with Crippen LogP contribution in [-0.4, -0.2) is 49.2 Å². The van der Waals surface area contributed by atoms with Gasteiger partial charge in [-0.1, -0.05) is 0 Å². The fraction of sp³-hybridized carbons (Fsp3) is 0.588. The molecule has 0 aromatic heterocycles. The zero-order valence-corrected chi connectivity index (χ0v) is 12.7. The van der Waals surface area contributed by atoms with E-state index >= 15 is 0 Å². The molecule has 2 bridgehead atoms. The van der Waals surface area contributed by atoms with Gasteiger partial charge in [0.1, 0.15) is 0 Å². The van der Waals surface area contributed by atoms with Crippen LogP contribution in [0.5, 0.6) is 11.5 Å². The highest BCUT2D eigenvalue weighted by molar-refractivity contribution is 5.95. The first kappa shape index (κ1) is 13.9. The van der Waals surface area contributed by atoms with Crippen LogP contribution < -0.4 is 14.8 Å². The van der Waals surface area contributed by atoms with Crippen LogP contribution in [0.1, 0.15) is 36.0 Å². The molecule has 2 fully saturated rings. The molecular formula is C17H22N2O3. The lowest BCUT2D eigenvalue weighted by Gasteiger charge is -2.28. The van der Waals surface area contributed by atoms with Gasteiger partial charge in [0.25, 0.3) is 5.91 Å². The molecule has 22 heavy (non-hydrogen) atoms. The minimum absolute atomic E-state index is 0.131. The Morgan fingerprint density at radius 3 is 2.82 bits per heavy atom. The average Bonchev–Trinajstić information content (AvgIpc) is 2.69. The quantitative estimate of drug-likeness (QED) is 0.859. The third-order valence-corrected chi connectivity index (χ3v) is 4.88. The zero-order valence-electron chi connectivity index (χ0n) is 12.7. The Bertz CT molecular complexity index is 561. The first-order valence-corrected chi connectivity index (χ1v) is 8.26. The van der Waals surface area contributed by atoms with E-state index in [1.807, 2.05) is 18.2 Å². The van der Waals surface area contributed by atoms with Crippen LogP contribution in [0.2, 0.25) is 0 Å². The normalized spacial score (nSPS) is 27.2. The van der Waals surface area contributed by atoms with E-state index in [2.05, 4.69) is 10.2 Å². The summed E-state index contributed by atoms with van der Waals surface area (Å²) < 4.78 is 11.4. The summed E-state index contributed by atoms with van der Waals surface area (Å²) in [5, 5.41) is 3.43. The van der Waals surface area contributed by atoms with Crippen LogP contribution in [0.3, 0.4) is 0 Å². The zero-order chi connectivity index (χ0) is 14.9. The van der Waals surface area contributed by atoms with Gasteiger partial charge in [-0.2, -0.15) is 0 Å². The van der Waals surface area contributed by atoms with Gasteiger partial charge in [-0.05, 0) is 44.0 Å². The van der Waals surface area contributed by atoms with Gasteiger partial charge in [-0.3, -0.25) is 4.79 Å². The van der Waals surface area contributed by atoms with Crippen LogP contribution >= 0.6 is 0 Å². The van der Waals surface area contributed by atoms with E-state index in [0.717, 1.165) is 44.5 Å². The first-order valence-electron chi connectivity index (χ1n) is 8.26. The fourth-order valence-electron chi connectivity index (χ4n) is 3.76. The Hall–Kier alpha value is -1.75. The van der Waals surface area contributed by atoms with Gasteiger partial charge in [0.05, 0.1) is 13.2 Å². The smallest absolute Gasteiger partial charge is 0.254 e. The van der Waals surface area contributed by atoms with Crippen LogP contribution in [0.4, 0.5) is 0 Å². The van der Waals surface area contributed by atoms with Gasteiger partial charge in [-0.25, -0.2) is 0 Å². The van der Waals surface area contributed by atoms with Gasteiger partial charge in [0.15, 0.2) is 11.5 Å². The predicted molar refractivity (Wildman–Crippen MR) is 82.5 cm³/mol. The summed E-state index contributed by atoms with van der Waals surface area (Å²) in [6, 6.07) is 6.29. The number of benzene rings is 1. The molecule has 0 aliphatic carbocycles. The molecule has 1 N–H and O–H groups in total. The van der Waals surface area contributed by atoms with E-state index < -0.39 is 0 Å². The van der Waals surface area contributed by atoms with Crippen molar-refractivity contribution in [3.63, 3.8) is 0 Å². The molecule has 0 spiro atoms. The van der Waals surface area contributed by atoms with Gasteiger partial charge < -0.3 is 19.7 Å². The number of nitrogens with zero attached hydrogens (tertiary/aromatic N) is 1. The van der Waals surface area contributed by atoms with Crippen LogP contribution in [0.15, 0.2) is 18.2 Å². The van der Waals surface area contributed by atoms with Crippen molar-refractivity contribution >= 4 is 5.91 Å². The molecule has 1 amide bonds. The Morgan fingerprint density at radius 1 is 1.09 bits per heavy atom. The highest BCUT2D eigenvalue weighted by Crippen LogP contribution is 2.33. The van der Waals surface area contributed by atoms with Crippen molar-refractivity contribution in [3.05, 3.63) is 23.8 Å². The average molecular weight is 302 g/mol.